The fraction of sp³-hybridized carbons (Fsp3) is 0.500. The normalized spacial score (nSPS) is 18.7. The van der Waals surface area contributed by atoms with Gasteiger partial charge in [-0.15, -0.1) is 0 Å². The standard InChI is InChI=1S/C16H20N2O3/c1-11-8-14(19-2)6-5-12(11)9-15-17-16(18-21-15)13-4-3-7-20-10-13/h5-6,8,13H,3-4,7,9-10H2,1-2H3. The van der Waals surface area contributed by atoms with Gasteiger partial charge in [-0.25, -0.2) is 0 Å². The van der Waals surface area contributed by atoms with Gasteiger partial charge in [-0.2, -0.15) is 4.98 Å². The van der Waals surface area contributed by atoms with Gasteiger partial charge < -0.3 is 14.0 Å². The fourth-order valence-electron chi connectivity index (χ4n) is 2.61. The zero-order valence-electron chi connectivity index (χ0n) is 12.5. The minimum absolute atomic E-state index is 0.271. The Kier molecular flexibility index (Phi) is 4.20. The molecule has 112 valence electrons. The van der Waals surface area contributed by atoms with Crippen LogP contribution in [0.1, 0.15) is 41.6 Å². The van der Waals surface area contributed by atoms with Crippen LogP contribution in [0.3, 0.4) is 0 Å². The Bertz CT molecular complexity index is 603. The van der Waals surface area contributed by atoms with E-state index < -0.39 is 0 Å². The third-order valence-electron chi connectivity index (χ3n) is 3.90. The average Bonchev–Trinajstić information content (AvgIpc) is 2.99. The predicted octanol–water partition coefficient (Wildman–Crippen LogP) is 2.87. The Balaban J connectivity index is 1.72. The first-order valence-electron chi connectivity index (χ1n) is 7.30. The van der Waals surface area contributed by atoms with Gasteiger partial charge in [-0.05, 0) is 43.0 Å². The van der Waals surface area contributed by atoms with Crippen molar-refractivity contribution in [3.8, 4) is 5.75 Å². The third kappa shape index (κ3) is 3.24. The summed E-state index contributed by atoms with van der Waals surface area (Å²) >= 11 is 0. The molecular weight excluding hydrogens is 268 g/mol. The van der Waals surface area contributed by atoms with Crippen LogP contribution in [-0.2, 0) is 11.2 Å². The molecule has 0 aliphatic carbocycles. The van der Waals surface area contributed by atoms with E-state index in [1.165, 1.54) is 5.56 Å². The van der Waals surface area contributed by atoms with Crippen molar-refractivity contribution in [1.82, 2.24) is 10.1 Å². The molecule has 0 N–H and O–H groups in total. The Labute approximate surface area is 124 Å². The number of aromatic nitrogens is 2. The van der Waals surface area contributed by atoms with Crippen molar-refractivity contribution in [3.05, 3.63) is 41.0 Å². The van der Waals surface area contributed by atoms with E-state index in [-0.39, 0.29) is 5.92 Å². The van der Waals surface area contributed by atoms with E-state index in [0.717, 1.165) is 36.6 Å². The molecule has 0 spiro atoms. The second-order valence-corrected chi connectivity index (χ2v) is 5.43. The second kappa shape index (κ2) is 6.26. The molecule has 2 heterocycles. The summed E-state index contributed by atoms with van der Waals surface area (Å²) in [6, 6.07) is 6.01. The van der Waals surface area contributed by atoms with Gasteiger partial charge in [0.1, 0.15) is 5.75 Å². The highest BCUT2D eigenvalue weighted by Gasteiger charge is 2.21. The van der Waals surface area contributed by atoms with Gasteiger partial charge in [0.2, 0.25) is 5.89 Å². The molecule has 1 aliphatic rings. The van der Waals surface area contributed by atoms with Crippen molar-refractivity contribution in [2.24, 2.45) is 0 Å². The molecule has 1 unspecified atom stereocenters. The zero-order valence-corrected chi connectivity index (χ0v) is 12.5. The van der Waals surface area contributed by atoms with E-state index in [4.69, 9.17) is 14.0 Å². The lowest BCUT2D eigenvalue weighted by Gasteiger charge is -2.18. The highest BCUT2D eigenvalue weighted by Crippen LogP contribution is 2.24. The highest BCUT2D eigenvalue weighted by molar-refractivity contribution is 5.36. The van der Waals surface area contributed by atoms with Crippen LogP contribution in [-0.4, -0.2) is 30.5 Å². The summed E-state index contributed by atoms with van der Waals surface area (Å²) < 4.78 is 16.1. The lowest BCUT2D eigenvalue weighted by atomic mass is 10.0. The Morgan fingerprint density at radius 2 is 2.29 bits per heavy atom. The smallest absolute Gasteiger partial charge is 0.231 e. The van der Waals surface area contributed by atoms with Crippen LogP contribution >= 0.6 is 0 Å². The maximum Gasteiger partial charge on any atom is 0.231 e. The summed E-state index contributed by atoms with van der Waals surface area (Å²) in [5.74, 6) is 2.56. The third-order valence-corrected chi connectivity index (χ3v) is 3.90. The molecule has 1 fully saturated rings. The van der Waals surface area contributed by atoms with Gasteiger partial charge in [-0.3, -0.25) is 0 Å². The molecule has 1 aromatic heterocycles. The topological polar surface area (TPSA) is 57.4 Å². The maximum absolute atomic E-state index is 5.47. The summed E-state index contributed by atoms with van der Waals surface area (Å²) in [5, 5.41) is 4.11. The number of aryl methyl sites for hydroxylation is 1. The molecule has 0 bridgehead atoms. The quantitative estimate of drug-likeness (QED) is 0.866. The molecule has 1 atom stereocenters. The minimum atomic E-state index is 0.271. The number of nitrogens with zero attached hydrogens (tertiary/aromatic N) is 2. The van der Waals surface area contributed by atoms with E-state index in [1.807, 2.05) is 18.2 Å². The van der Waals surface area contributed by atoms with E-state index in [1.54, 1.807) is 7.11 Å². The summed E-state index contributed by atoms with van der Waals surface area (Å²) in [5.41, 5.74) is 2.33. The molecule has 21 heavy (non-hydrogen) atoms. The SMILES string of the molecule is COc1ccc(Cc2nc(C3CCCOC3)no2)c(C)c1. The van der Waals surface area contributed by atoms with Gasteiger partial charge in [0, 0.05) is 12.5 Å². The van der Waals surface area contributed by atoms with Crippen molar-refractivity contribution in [2.45, 2.75) is 32.1 Å². The fourth-order valence-corrected chi connectivity index (χ4v) is 2.61. The molecular formula is C16H20N2O3. The van der Waals surface area contributed by atoms with Crippen LogP contribution in [0.25, 0.3) is 0 Å². The van der Waals surface area contributed by atoms with Crippen molar-refractivity contribution in [2.75, 3.05) is 20.3 Å². The van der Waals surface area contributed by atoms with Crippen molar-refractivity contribution >= 4 is 0 Å². The van der Waals surface area contributed by atoms with Gasteiger partial charge in [-0.1, -0.05) is 11.2 Å². The molecule has 5 heteroatoms. The molecule has 2 aromatic rings. The van der Waals surface area contributed by atoms with E-state index in [0.29, 0.717) is 18.9 Å². The van der Waals surface area contributed by atoms with Gasteiger partial charge in [0.05, 0.1) is 20.1 Å². The van der Waals surface area contributed by atoms with Crippen LogP contribution in [0.15, 0.2) is 22.7 Å². The predicted molar refractivity (Wildman–Crippen MR) is 77.6 cm³/mol. The largest absolute Gasteiger partial charge is 0.497 e. The van der Waals surface area contributed by atoms with E-state index in [9.17, 15) is 0 Å². The summed E-state index contributed by atoms with van der Waals surface area (Å²) in [6.07, 6.45) is 2.78. The molecule has 1 saturated heterocycles. The monoisotopic (exact) mass is 288 g/mol. The van der Waals surface area contributed by atoms with E-state index >= 15 is 0 Å². The Hall–Kier alpha value is -1.88. The van der Waals surface area contributed by atoms with E-state index in [2.05, 4.69) is 17.1 Å². The van der Waals surface area contributed by atoms with Crippen LogP contribution in [0.2, 0.25) is 0 Å². The number of benzene rings is 1. The molecule has 0 radical (unpaired) electrons. The first-order valence-corrected chi connectivity index (χ1v) is 7.30. The molecule has 1 aromatic carbocycles. The molecule has 1 aliphatic heterocycles. The lowest BCUT2D eigenvalue weighted by Crippen LogP contribution is -2.16. The first kappa shape index (κ1) is 14.1. The van der Waals surface area contributed by atoms with Crippen LogP contribution in [0.5, 0.6) is 5.75 Å². The average molecular weight is 288 g/mol. The zero-order chi connectivity index (χ0) is 14.7. The Morgan fingerprint density at radius 3 is 3.00 bits per heavy atom. The lowest BCUT2D eigenvalue weighted by molar-refractivity contribution is 0.0773. The minimum Gasteiger partial charge on any atom is -0.497 e. The second-order valence-electron chi connectivity index (χ2n) is 5.43. The molecule has 5 nitrogen and oxygen atoms in total. The molecule has 0 amide bonds. The number of ether oxygens (including phenoxy) is 2. The Morgan fingerprint density at radius 1 is 1.38 bits per heavy atom. The van der Waals surface area contributed by atoms with Crippen LogP contribution in [0, 0.1) is 6.92 Å². The first-order chi connectivity index (χ1) is 10.3. The number of methoxy groups -OCH3 is 1. The molecule has 3 rings (SSSR count). The van der Waals surface area contributed by atoms with Crippen LogP contribution in [0.4, 0.5) is 0 Å². The van der Waals surface area contributed by atoms with Crippen LogP contribution < -0.4 is 4.74 Å². The number of rotatable bonds is 4. The molecule has 0 saturated carbocycles. The van der Waals surface area contributed by atoms with Gasteiger partial charge >= 0.3 is 0 Å². The summed E-state index contributed by atoms with van der Waals surface area (Å²) in [6.45, 7) is 3.59. The van der Waals surface area contributed by atoms with Gasteiger partial charge in [0.15, 0.2) is 5.82 Å². The van der Waals surface area contributed by atoms with Gasteiger partial charge in [0.25, 0.3) is 0 Å². The van der Waals surface area contributed by atoms with Crippen molar-refractivity contribution < 1.29 is 14.0 Å². The highest BCUT2D eigenvalue weighted by atomic mass is 16.5. The number of hydrogen-bond donors (Lipinski definition) is 0. The van der Waals surface area contributed by atoms with Crippen molar-refractivity contribution in [1.29, 1.82) is 0 Å². The van der Waals surface area contributed by atoms with Crippen molar-refractivity contribution in [3.63, 3.8) is 0 Å². The summed E-state index contributed by atoms with van der Waals surface area (Å²) in [7, 11) is 1.67. The maximum atomic E-state index is 5.47. The number of hydrogen-bond acceptors (Lipinski definition) is 5. The summed E-state index contributed by atoms with van der Waals surface area (Å²) in [4.78, 5) is 4.52.